The summed E-state index contributed by atoms with van der Waals surface area (Å²) in [6.07, 6.45) is 62.5. The Balaban J connectivity index is 4.37. The molecule has 0 saturated heterocycles. The van der Waals surface area contributed by atoms with Gasteiger partial charge in [0.1, 0.15) is 13.2 Å². The van der Waals surface area contributed by atoms with Gasteiger partial charge in [-0.2, -0.15) is 0 Å². The first kappa shape index (κ1) is 60.4. The highest BCUT2D eigenvalue weighted by molar-refractivity contribution is 5.71. The van der Waals surface area contributed by atoms with Gasteiger partial charge < -0.3 is 14.2 Å². The quantitative estimate of drug-likeness (QED) is 0.0262. The van der Waals surface area contributed by atoms with E-state index in [9.17, 15) is 14.4 Å². The molecule has 1 atom stereocenters. The molecule has 0 fully saturated rings. The summed E-state index contributed by atoms with van der Waals surface area (Å²) < 4.78 is 16.8. The molecule has 0 N–H and O–H groups in total. The van der Waals surface area contributed by atoms with Crippen LogP contribution < -0.4 is 0 Å². The smallest absolute Gasteiger partial charge is 0.306 e. The molecular weight excluding hydrogens is 781 g/mol. The van der Waals surface area contributed by atoms with Crippen molar-refractivity contribution >= 4 is 17.9 Å². The molecule has 0 bridgehead atoms. The van der Waals surface area contributed by atoms with Gasteiger partial charge >= 0.3 is 17.9 Å². The Morgan fingerprint density at radius 2 is 0.619 bits per heavy atom. The zero-order chi connectivity index (χ0) is 45.8. The Morgan fingerprint density at radius 3 is 1.02 bits per heavy atom. The summed E-state index contributed by atoms with van der Waals surface area (Å²) in [6.45, 7) is 6.50. The van der Waals surface area contributed by atoms with E-state index in [-0.39, 0.29) is 31.1 Å². The molecule has 0 aliphatic rings. The van der Waals surface area contributed by atoms with Gasteiger partial charge in [-0.1, -0.05) is 230 Å². The highest BCUT2D eigenvalue weighted by Gasteiger charge is 2.19. The highest BCUT2D eigenvalue weighted by Crippen LogP contribution is 2.16. The summed E-state index contributed by atoms with van der Waals surface area (Å²) in [5, 5.41) is 0. The minimum Gasteiger partial charge on any atom is -0.462 e. The van der Waals surface area contributed by atoms with Crippen LogP contribution in [-0.2, 0) is 28.6 Å². The Morgan fingerprint density at radius 1 is 0.333 bits per heavy atom. The minimum atomic E-state index is -0.790. The van der Waals surface area contributed by atoms with Crippen molar-refractivity contribution in [3.05, 3.63) is 48.6 Å². The van der Waals surface area contributed by atoms with E-state index in [1.165, 1.54) is 148 Å². The van der Waals surface area contributed by atoms with Crippen molar-refractivity contribution in [2.45, 2.75) is 284 Å². The summed E-state index contributed by atoms with van der Waals surface area (Å²) in [7, 11) is 0. The molecule has 0 rings (SSSR count). The summed E-state index contributed by atoms with van der Waals surface area (Å²) in [5.74, 6) is -0.925. The third-order valence-electron chi connectivity index (χ3n) is 11.8. The third-order valence-corrected chi connectivity index (χ3v) is 11.8. The highest BCUT2D eigenvalue weighted by atomic mass is 16.6. The number of carbonyl (C=O) groups excluding carboxylic acids is 3. The first-order valence-electron chi connectivity index (χ1n) is 27.1. The van der Waals surface area contributed by atoms with Crippen molar-refractivity contribution < 1.29 is 28.6 Å². The second kappa shape index (κ2) is 52.0. The average Bonchev–Trinajstić information content (AvgIpc) is 3.28. The third kappa shape index (κ3) is 50.2. The summed E-state index contributed by atoms with van der Waals surface area (Å²) >= 11 is 0. The SMILES string of the molecule is CC/C=C\C/C=C\C/C=C\CCCCC(=O)OCC(COC(=O)CCCCCCCCCCCCCCCCCCC)OC(=O)CCCCCCC/C=C\CCCCCCCCC. The van der Waals surface area contributed by atoms with Crippen molar-refractivity contribution in [3.8, 4) is 0 Å². The van der Waals surface area contributed by atoms with Crippen molar-refractivity contribution in [1.29, 1.82) is 0 Å². The van der Waals surface area contributed by atoms with Gasteiger partial charge in [0.2, 0.25) is 0 Å². The number of esters is 3. The van der Waals surface area contributed by atoms with Crippen LogP contribution in [0.15, 0.2) is 48.6 Å². The fourth-order valence-corrected chi connectivity index (χ4v) is 7.75. The molecule has 0 aromatic carbocycles. The molecule has 0 aliphatic heterocycles. The van der Waals surface area contributed by atoms with Gasteiger partial charge in [-0.15, -0.1) is 0 Å². The topological polar surface area (TPSA) is 78.9 Å². The second-order valence-corrected chi connectivity index (χ2v) is 18.1. The lowest BCUT2D eigenvalue weighted by Gasteiger charge is -2.18. The molecule has 0 spiro atoms. The molecule has 0 aromatic rings. The van der Waals surface area contributed by atoms with E-state index < -0.39 is 6.10 Å². The van der Waals surface area contributed by atoms with Gasteiger partial charge in [-0.05, 0) is 77.0 Å². The first-order valence-corrected chi connectivity index (χ1v) is 27.1. The fraction of sp³-hybridized carbons (Fsp3) is 0.807. The van der Waals surface area contributed by atoms with Crippen LogP contribution in [0.2, 0.25) is 0 Å². The van der Waals surface area contributed by atoms with Crippen LogP contribution in [0.25, 0.3) is 0 Å². The molecule has 0 aromatic heterocycles. The standard InChI is InChI=1S/C57H102O6/c1-4-7-10-13-16-19-22-25-27-29-31-32-35-38-41-44-47-50-56(59)62-53-54(52-61-55(58)49-46-43-40-37-34-24-21-18-15-12-9-6-3)63-57(60)51-48-45-42-39-36-33-30-28-26-23-20-17-14-11-8-5-2/h9,12,18,21,28,30,34,37,54H,4-8,10-11,13-17,19-20,22-27,29,31-33,35-36,38-53H2,1-3H3/b12-9-,21-18-,30-28-,37-34-. The molecule has 1 unspecified atom stereocenters. The Labute approximate surface area is 390 Å². The van der Waals surface area contributed by atoms with E-state index in [2.05, 4.69) is 69.4 Å². The fourth-order valence-electron chi connectivity index (χ4n) is 7.75. The molecule has 6 nitrogen and oxygen atoms in total. The monoisotopic (exact) mass is 883 g/mol. The van der Waals surface area contributed by atoms with Gasteiger partial charge in [0.05, 0.1) is 0 Å². The molecule has 6 heteroatoms. The van der Waals surface area contributed by atoms with Crippen LogP contribution in [-0.4, -0.2) is 37.2 Å². The van der Waals surface area contributed by atoms with E-state index >= 15 is 0 Å². The minimum absolute atomic E-state index is 0.0859. The maximum Gasteiger partial charge on any atom is 0.306 e. The van der Waals surface area contributed by atoms with Crippen LogP contribution in [0.5, 0.6) is 0 Å². The molecule has 366 valence electrons. The predicted molar refractivity (Wildman–Crippen MR) is 270 cm³/mol. The van der Waals surface area contributed by atoms with Crippen molar-refractivity contribution in [3.63, 3.8) is 0 Å². The first-order chi connectivity index (χ1) is 31.0. The van der Waals surface area contributed by atoms with Crippen LogP contribution >= 0.6 is 0 Å². The van der Waals surface area contributed by atoms with Crippen LogP contribution in [0, 0.1) is 0 Å². The number of unbranched alkanes of at least 4 members (excludes halogenated alkanes) is 30. The largest absolute Gasteiger partial charge is 0.462 e. The van der Waals surface area contributed by atoms with Gasteiger partial charge in [-0.3, -0.25) is 14.4 Å². The van der Waals surface area contributed by atoms with Crippen LogP contribution in [0.4, 0.5) is 0 Å². The van der Waals surface area contributed by atoms with E-state index in [0.29, 0.717) is 19.3 Å². The lowest BCUT2D eigenvalue weighted by atomic mass is 10.0. The molecule has 0 heterocycles. The van der Waals surface area contributed by atoms with Crippen molar-refractivity contribution in [2.75, 3.05) is 13.2 Å². The molecular formula is C57H102O6. The Kier molecular flexibility index (Phi) is 49.8. The lowest BCUT2D eigenvalue weighted by molar-refractivity contribution is -0.167. The number of carbonyl (C=O) groups is 3. The number of ether oxygens (including phenoxy) is 3. The molecule has 0 saturated carbocycles. The Hall–Kier alpha value is -2.63. The second-order valence-electron chi connectivity index (χ2n) is 18.1. The van der Waals surface area contributed by atoms with Crippen molar-refractivity contribution in [1.82, 2.24) is 0 Å². The lowest BCUT2D eigenvalue weighted by Crippen LogP contribution is -2.30. The van der Waals surface area contributed by atoms with Gasteiger partial charge in [0.25, 0.3) is 0 Å². The molecule has 0 aliphatic carbocycles. The normalized spacial score (nSPS) is 12.4. The summed E-state index contributed by atoms with van der Waals surface area (Å²) in [5.41, 5.74) is 0. The Bertz CT molecular complexity index is 1110. The number of rotatable bonds is 49. The maximum absolute atomic E-state index is 12.8. The summed E-state index contributed by atoms with van der Waals surface area (Å²) in [4.78, 5) is 38.0. The number of hydrogen-bond donors (Lipinski definition) is 0. The van der Waals surface area contributed by atoms with E-state index in [4.69, 9.17) is 14.2 Å². The van der Waals surface area contributed by atoms with Gasteiger partial charge in [-0.25, -0.2) is 0 Å². The average molecular weight is 883 g/mol. The number of allylic oxidation sites excluding steroid dienone is 8. The van der Waals surface area contributed by atoms with Crippen molar-refractivity contribution in [2.24, 2.45) is 0 Å². The van der Waals surface area contributed by atoms with Crippen LogP contribution in [0.3, 0.4) is 0 Å². The van der Waals surface area contributed by atoms with Gasteiger partial charge in [0, 0.05) is 19.3 Å². The zero-order valence-corrected chi connectivity index (χ0v) is 41.8. The summed E-state index contributed by atoms with van der Waals surface area (Å²) in [6, 6.07) is 0. The molecule has 0 amide bonds. The van der Waals surface area contributed by atoms with E-state index in [1.54, 1.807) is 0 Å². The molecule has 0 radical (unpaired) electrons. The zero-order valence-electron chi connectivity index (χ0n) is 41.8. The van der Waals surface area contributed by atoms with Gasteiger partial charge in [0.15, 0.2) is 6.10 Å². The van der Waals surface area contributed by atoms with Crippen LogP contribution in [0.1, 0.15) is 278 Å². The van der Waals surface area contributed by atoms with E-state index in [0.717, 1.165) is 89.9 Å². The van der Waals surface area contributed by atoms with E-state index in [1.807, 2.05) is 0 Å². The predicted octanol–water partition coefficient (Wildman–Crippen LogP) is 17.9. The molecule has 63 heavy (non-hydrogen) atoms. The number of hydrogen-bond acceptors (Lipinski definition) is 6. The maximum atomic E-state index is 12.8.